The van der Waals surface area contributed by atoms with Crippen molar-refractivity contribution < 1.29 is 4.42 Å². The molecule has 0 atom stereocenters. The summed E-state index contributed by atoms with van der Waals surface area (Å²) in [4.78, 5) is 0. The first-order valence-corrected chi connectivity index (χ1v) is 3.57. The summed E-state index contributed by atoms with van der Waals surface area (Å²) in [7, 11) is 0. The van der Waals surface area contributed by atoms with Gasteiger partial charge in [-0.2, -0.15) is 0 Å². The molecule has 0 amide bonds. The first kappa shape index (κ1) is 6.55. The summed E-state index contributed by atoms with van der Waals surface area (Å²) in [5.41, 5.74) is 6.99. The number of halogens is 1. The Bertz CT molecular complexity index is 394. The third kappa shape index (κ3) is 0.955. The lowest BCUT2D eigenvalue weighted by atomic mass is 10.2. The quantitative estimate of drug-likeness (QED) is 0.655. The summed E-state index contributed by atoms with van der Waals surface area (Å²) in [6.07, 6.45) is 1.51. The van der Waals surface area contributed by atoms with E-state index in [2.05, 4.69) is 0 Å². The standard InChI is InChI=1S/C8H6ClNO/c9-5-1-2-8-6(3-5)7(10)4-11-8/h1-4H,10H2. The van der Waals surface area contributed by atoms with Gasteiger partial charge in [0.2, 0.25) is 0 Å². The number of fused-ring (bicyclic) bond motifs is 1. The van der Waals surface area contributed by atoms with Crippen molar-refractivity contribution in [1.82, 2.24) is 0 Å². The number of anilines is 1. The minimum atomic E-state index is 0.627. The van der Waals surface area contributed by atoms with Gasteiger partial charge in [-0.25, -0.2) is 0 Å². The Morgan fingerprint density at radius 3 is 3.00 bits per heavy atom. The molecule has 2 aromatic rings. The molecule has 0 aliphatic heterocycles. The Balaban J connectivity index is 2.87. The number of nitrogen functional groups attached to an aromatic ring is 1. The molecule has 0 unspecified atom stereocenters. The summed E-state index contributed by atoms with van der Waals surface area (Å²) in [5.74, 6) is 0. The minimum absolute atomic E-state index is 0.627. The largest absolute Gasteiger partial charge is 0.462 e. The second kappa shape index (κ2) is 2.17. The monoisotopic (exact) mass is 167 g/mol. The normalized spacial score (nSPS) is 10.6. The van der Waals surface area contributed by atoms with Crippen molar-refractivity contribution in [2.45, 2.75) is 0 Å². The zero-order valence-electron chi connectivity index (χ0n) is 5.67. The van der Waals surface area contributed by atoms with E-state index in [4.69, 9.17) is 21.8 Å². The van der Waals surface area contributed by atoms with Gasteiger partial charge in [-0.1, -0.05) is 11.6 Å². The van der Waals surface area contributed by atoms with Crippen molar-refractivity contribution in [3.05, 3.63) is 29.5 Å². The molecule has 0 bridgehead atoms. The number of rotatable bonds is 0. The van der Waals surface area contributed by atoms with E-state index in [1.54, 1.807) is 18.2 Å². The third-order valence-electron chi connectivity index (χ3n) is 1.57. The Labute approximate surface area is 68.6 Å². The lowest BCUT2D eigenvalue weighted by molar-refractivity contribution is 0.617. The van der Waals surface area contributed by atoms with E-state index >= 15 is 0 Å². The van der Waals surface area contributed by atoms with E-state index in [9.17, 15) is 0 Å². The maximum Gasteiger partial charge on any atom is 0.136 e. The summed E-state index contributed by atoms with van der Waals surface area (Å²) in [6.45, 7) is 0. The van der Waals surface area contributed by atoms with Gasteiger partial charge in [0.1, 0.15) is 11.8 Å². The number of furan rings is 1. The Hall–Kier alpha value is -1.15. The zero-order chi connectivity index (χ0) is 7.84. The van der Waals surface area contributed by atoms with Gasteiger partial charge in [-0.3, -0.25) is 0 Å². The van der Waals surface area contributed by atoms with Crippen LogP contribution in [0.4, 0.5) is 5.69 Å². The molecule has 3 heteroatoms. The van der Waals surface area contributed by atoms with Crippen LogP contribution in [0, 0.1) is 0 Å². The van der Waals surface area contributed by atoms with Gasteiger partial charge >= 0.3 is 0 Å². The van der Waals surface area contributed by atoms with Crippen LogP contribution in [0.5, 0.6) is 0 Å². The molecule has 56 valence electrons. The van der Waals surface area contributed by atoms with Crippen molar-refractivity contribution in [2.75, 3.05) is 5.73 Å². The highest BCUT2D eigenvalue weighted by Crippen LogP contribution is 2.25. The van der Waals surface area contributed by atoms with Crippen molar-refractivity contribution in [2.24, 2.45) is 0 Å². The van der Waals surface area contributed by atoms with Gasteiger partial charge in [0.15, 0.2) is 0 Å². The van der Waals surface area contributed by atoms with Crippen LogP contribution < -0.4 is 5.73 Å². The Morgan fingerprint density at radius 1 is 1.36 bits per heavy atom. The van der Waals surface area contributed by atoms with E-state index in [0.717, 1.165) is 11.0 Å². The van der Waals surface area contributed by atoms with Gasteiger partial charge < -0.3 is 10.2 Å². The lowest BCUT2D eigenvalue weighted by Gasteiger charge is -1.89. The SMILES string of the molecule is Nc1coc2ccc(Cl)cc12. The average molecular weight is 168 g/mol. The van der Waals surface area contributed by atoms with E-state index in [1.807, 2.05) is 0 Å². The molecule has 0 aliphatic carbocycles. The summed E-state index contributed by atoms with van der Waals surface area (Å²) >= 11 is 5.75. The summed E-state index contributed by atoms with van der Waals surface area (Å²) in [6, 6.07) is 5.36. The zero-order valence-corrected chi connectivity index (χ0v) is 6.43. The molecule has 0 saturated carbocycles. The van der Waals surface area contributed by atoms with Gasteiger partial charge in [0, 0.05) is 10.4 Å². The molecule has 2 rings (SSSR count). The van der Waals surface area contributed by atoms with Crippen LogP contribution >= 0.6 is 11.6 Å². The Morgan fingerprint density at radius 2 is 2.18 bits per heavy atom. The first-order chi connectivity index (χ1) is 5.27. The highest BCUT2D eigenvalue weighted by Gasteiger charge is 2.01. The molecular formula is C8H6ClNO. The van der Waals surface area contributed by atoms with Crippen molar-refractivity contribution >= 4 is 28.3 Å². The van der Waals surface area contributed by atoms with Crippen LogP contribution in [-0.2, 0) is 0 Å². The number of hydrogen-bond donors (Lipinski definition) is 1. The van der Waals surface area contributed by atoms with Gasteiger partial charge in [0.05, 0.1) is 5.69 Å². The fraction of sp³-hybridized carbons (Fsp3) is 0. The van der Waals surface area contributed by atoms with E-state index < -0.39 is 0 Å². The average Bonchev–Trinajstić information content (AvgIpc) is 2.33. The van der Waals surface area contributed by atoms with Crippen LogP contribution in [0.25, 0.3) is 11.0 Å². The maximum atomic E-state index is 5.75. The smallest absolute Gasteiger partial charge is 0.136 e. The van der Waals surface area contributed by atoms with Crippen molar-refractivity contribution in [1.29, 1.82) is 0 Å². The molecule has 1 heterocycles. The first-order valence-electron chi connectivity index (χ1n) is 3.19. The molecule has 2 nitrogen and oxygen atoms in total. The topological polar surface area (TPSA) is 39.2 Å². The fourth-order valence-electron chi connectivity index (χ4n) is 1.02. The molecule has 0 radical (unpaired) electrons. The maximum absolute atomic E-state index is 5.75. The van der Waals surface area contributed by atoms with Crippen molar-refractivity contribution in [3.63, 3.8) is 0 Å². The Kier molecular flexibility index (Phi) is 1.29. The van der Waals surface area contributed by atoms with Gasteiger partial charge in [-0.05, 0) is 18.2 Å². The number of hydrogen-bond acceptors (Lipinski definition) is 2. The molecular weight excluding hydrogens is 162 g/mol. The highest BCUT2D eigenvalue weighted by atomic mass is 35.5. The van der Waals surface area contributed by atoms with Crippen LogP contribution in [0.3, 0.4) is 0 Å². The molecule has 11 heavy (non-hydrogen) atoms. The molecule has 0 saturated heterocycles. The number of nitrogens with two attached hydrogens (primary N) is 1. The van der Waals surface area contributed by atoms with Crippen LogP contribution in [0.1, 0.15) is 0 Å². The molecule has 2 N–H and O–H groups in total. The van der Waals surface area contributed by atoms with E-state index in [1.165, 1.54) is 6.26 Å². The second-order valence-electron chi connectivity index (χ2n) is 2.33. The lowest BCUT2D eigenvalue weighted by Crippen LogP contribution is -1.79. The van der Waals surface area contributed by atoms with E-state index in [-0.39, 0.29) is 0 Å². The minimum Gasteiger partial charge on any atom is -0.462 e. The fourth-order valence-corrected chi connectivity index (χ4v) is 1.19. The van der Waals surface area contributed by atoms with Gasteiger partial charge in [0.25, 0.3) is 0 Å². The van der Waals surface area contributed by atoms with Crippen LogP contribution in [0.15, 0.2) is 28.9 Å². The van der Waals surface area contributed by atoms with Crippen LogP contribution in [-0.4, -0.2) is 0 Å². The van der Waals surface area contributed by atoms with E-state index in [0.29, 0.717) is 10.7 Å². The molecule has 0 fully saturated rings. The molecule has 0 spiro atoms. The summed E-state index contributed by atoms with van der Waals surface area (Å²) < 4.78 is 5.12. The van der Waals surface area contributed by atoms with Crippen molar-refractivity contribution in [3.8, 4) is 0 Å². The third-order valence-corrected chi connectivity index (χ3v) is 1.80. The second-order valence-corrected chi connectivity index (χ2v) is 2.77. The predicted octanol–water partition coefficient (Wildman–Crippen LogP) is 2.67. The molecule has 1 aromatic heterocycles. The molecule has 0 aliphatic rings. The number of benzene rings is 1. The molecule has 1 aromatic carbocycles. The summed E-state index contributed by atoms with van der Waals surface area (Å²) in [5, 5.41) is 1.54. The predicted molar refractivity (Wildman–Crippen MR) is 45.6 cm³/mol. The highest BCUT2D eigenvalue weighted by molar-refractivity contribution is 6.31. The van der Waals surface area contributed by atoms with Crippen LogP contribution in [0.2, 0.25) is 5.02 Å². The van der Waals surface area contributed by atoms with Gasteiger partial charge in [-0.15, -0.1) is 0 Å².